The first-order valence-corrected chi connectivity index (χ1v) is 7.42. The van der Waals surface area contributed by atoms with Gasteiger partial charge in [-0.2, -0.15) is 0 Å². The van der Waals surface area contributed by atoms with Gasteiger partial charge in [0.05, 0.1) is 5.92 Å². The van der Waals surface area contributed by atoms with Crippen molar-refractivity contribution in [3.63, 3.8) is 0 Å². The van der Waals surface area contributed by atoms with Crippen LogP contribution in [0.25, 0.3) is 0 Å². The Labute approximate surface area is 126 Å². The van der Waals surface area contributed by atoms with Crippen molar-refractivity contribution < 1.29 is 9.53 Å². The number of carbonyl (C=O) groups excluding carboxylic acids is 1. The van der Waals surface area contributed by atoms with Gasteiger partial charge in [0.25, 0.3) is 0 Å². The predicted octanol–water partition coefficient (Wildman–Crippen LogP) is 4.59. The largest absolute Gasteiger partial charge is 0.426 e. The molecule has 2 aromatic carbocycles. The fraction of sp³-hybridized carbons (Fsp3) is 0.316. The van der Waals surface area contributed by atoms with Crippen LogP contribution in [-0.2, 0) is 11.2 Å². The monoisotopic (exact) mass is 282 g/mol. The number of carbonyl (C=O) groups is 1. The molecule has 0 unspecified atom stereocenters. The molecule has 0 aliphatic heterocycles. The number of hydrogen-bond acceptors (Lipinski definition) is 2. The average Bonchev–Trinajstić information content (AvgIpc) is 2.47. The molecule has 0 bridgehead atoms. The minimum Gasteiger partial charge on any atom is -0.426 e. The smallest absolute Gasteiger partial charge is 0.318 e. The van der Waals surface area contributed by atoms with E-state index < -0.39 is 0 Å². The molecule has 1 atom stereocenters. The van der Waals surface area contributed by atoms with E-state index in [0.29, 0.717) is 11.7 Å². The summed E-state index contributed by atoms with van der Waals surface area (Å²) in [5.74, 6) is 0.734. The van der Waals surface area contributed by atoms with E-state index in [2.05, 4.69) is 26.0 Å². The zero-order chi connectivity index (χ0) is 15.2. The van der Waals surface area contributed by atoms with Crippen molar-refractivity contribution in [2.75, 3.05) is 0 Å². The van der Waals surface area contributed by atoms with Crippen LogP contribution >= 0.6 is 0 Å². The summed E-state index contributed by atoms with van der Waals surface area (Å²) in [5.41, 5.74) is 2.29. The van der Waals surface area contributed by atoms with E-state index in [1.54, 1.807) is 12.1 Å². The Kier molecular flexibility index (Phi) is 5.15. The van der Waals surface area contributed by atoms with Crippen LogP contribution in [0.3, 0.4) is 0 Å². The number of esters is 1. The number of benzene rings is 2. The van der Waals surface area contributed by atoms with Crippen LogP contribution < -0.4 is 4.74 Å². The van der Waals surface area contributed by atoms with E-state index in [1.165, 1.54) is 5.56 Å². The molecule has 0 radical (unpaired) electrons. The molecule has 0 saturated carbocycles. The molecule has 0 heterocycles. The Morgan fingerprint density at radius 3 is 2.14 bits per heavy atom. The van der Waals surface area contributed by atoms with E-state index in [4.69, 9.17) is 4.74 Å². The predicted molar refractivity (Wildman–Crippen MR) is 85.5 cm³/mol. The van der Waals surface area contributed by atoms with Crippen LogP contribution in [0, 0.1) is 5.92 Å². The van der Waals surface area contributed by atoms with Gasteiger partial charge in [0.2, 0.25) is 0 Å². The fourth-order valence-corrected chi connectivity index (χ4v) is 2.24. The van der Waals surface area contributed by atoms with Crippen LogP contribution in [0.4, 0.5) is 0 Å². The normalized spacial score (nSPS) is 12.2. The Hall–Kier alpha value is -2.09. The van der Waals surface area contributed by atoms with Crippen molar-refractivity contribution in [3.8, 4) is 5.75 Å². The summed E-state index contributed by atoms with van der Waals surface area (Å²) in [6, 6.07) is 17.4. The van der Waals surface area contributed by atoms with Crippen LogP contribution in [0.1, 0.15) is 37.8 Å². The zero-order valence-corrected chi connectivity index (χ0v) is 12.9. The molecule has 0 N–H and O–H groups in total. The standard InChI is InChI=1S/C19H22O2/c1-14(2)13-16-9-11-17(12-10-16)15(3)19(20)21-18-7-5-4-6-8-18/h4-12,14-15H,13H2,1-3H3/t15-/m0/s1. The second-order valence-corrected chi connectivity index (χ2v) is 5.80. The lowest BCUT2D eigenvalue weighted by atomic mass is 9.97. The third-order valence-electron chi connectivity index (χ3n) is 3.44. The molecule has 0 amide bonds. The van der Waals surface area contributed by atoms with E-state index in [9.17, 15) is 4.79 Å². The molecule has 2 heteroatoms. The van der Waals surface area contributed by atoms with Gasteiger partial charge >= 0.3 is 5.97 Å². The molecular formula is C19H22O2. The first-order chi connectivity index (χ1) is 10.1. The maximum atomic E-state index is 12.2. The Morgan fingerprint density at radius 2 is 1.57 bits per heavy atom. The third-order valence-corrected chi connectivity index (χ3v) is 3.44. The summed E-state index contributed by atoms with van der Waals surface area (Å²) in [6.45, 7) is 6.28. The minimum atomic E-state index is -0.265. The molecule has 2 rings (SSSR count). The molecule has 0 aromatic heterocycles. The van der Waals surface area contributed by atoms with Gasteiger partial charge in [-0.05, 0) is 42.5 Å². The lowest BCUT2D eigenvalue weighted by Crippen LogP contribution is -2.16. The number of ether oxygens (including phenoxy) is 1. The van der Waals surface area contributed by atoms with Gasteiger partial charge in [-0.3, -0.25) is 4.79 Å². The molecule has 2 aromatic rings. The van der Waals surface area contributed by atoms with Crippen molar-refractivity contribution >= 4 is 5.97 Å². The van der Waals surface area contributed by atoms with Gasteiger partial charge in [0.15, 0.2) is 0 Å². The summed E-state index contributed by atoms with van der Waals surface area (Å²) in [7, 11) is 0. The highest BCUT2D eigenvalue weighted by atomic mass is 16.5. The summed E-state index contributed by atoms with van der Waals surface area (Å²) < 4.78 is 5.39. The van der Waals surface area contributed by atoms with E-state index in [-0.39, 0.29) is 11.9 Å². The second-order valence-electron chi connectivity index (χ2n) is 5.80. The SMILES string of the molecule is CC(C)Cc1ccc([C@H](C)C(=O)Oc2ccccc2)cc1. The topological polar surface area (TPSA) is 26.3 Å². The van der Waals surface area contributed by atoms with Crippen molar-refractivity contribution in [3.05, 3.63) is 65.7 Å². The molecule has 0 fully saturated rings. The lowest BCUT2D eigenvalue weighted by molar-refractivity contribution is -0.135. The van der Waals surface area contributed by atoms with Crippen molar-refractivity contribution in [1.29, 1.82) is 0 Å². The average molecular weight is 282 g/mol. The molecule has 0 aliphatic carbocycles. The van der Waals surface area contributed by atoms with Crippen LogP contribution in [0.5, 0.6) is 5.75 Å². The highest BCUT2D eigenvalue weighted by molar-refractivity contribution is 5.79. The number of para-hydroxylation sites is 1. The van der Waals surface area contributed by atoms with E-state index >= 15 is 0 Å². The Bertz CT molecular complexity index is 570. The summed E-state index contributed by atoms with van der Waals surface area (Å²) in [4.78, 5) is 12.2. The van der Waals surface area contributed by atoms with Crippen molar-refractivity contribution in [1.82, 2.24) is 0 Å². The van der Waals surface area contributed by atoms with Gasteiger partial charge in [0.1, 0.15) is 5.75 Å². The van der Waals surface area contributed by atoms with E-state index in [1.807, 2.05) is 37.3 Å². The highest BCUT2D eigenvalue weighted by Crippen LogP contribution is 2.20. The number of hydrogen-bond donors (Lipinski definition) is 0. The lowest BCUT2D eigenvalue weighted by Gasteiger charge is -2.12. The molecule has 0 saturated heterocycles. The third kappa shape index (κ3) is 4.45. The van der Waals surface area contributed by atoms with Gasteiger partial charge in [0, 0.05) is 0 Å². The van der Waals surface area contributed by atoms with Crippen LogP contribution in [-0.4, -0.2) is 5.97 Å². The molecule has 21 heavy (non-hydrogen) atoms. The minimum absolute atomic E-state index is 0.224. The van der Waals surface area contributed by atoms with E-state index in [0.717, 1.165) is 12.0 Å². The first kappa shape index (κ1) is 15.3. The van der Waals surface area contributed by atoms with Gasteiger partial charge in [-0.1, -0.05) is 56.3 Å². The first-order valence-electron chi connectivity index (χ1n) is 7.42. The number of rotatable bonds is 5. The Morgan fingerprint density at radius 1 is 0.952 bits per heavy atom. The molecule has 0 spiro atoms. The van der Waals surface area contributed by atoms with Gasteiger partial charge in [-0.25, -0.2) is 0 Å². The molecular weight excluding hydrogens is 260 g/mol. The molecule has 0 aliphatic rings. The maximum Gasteiger partial charge on any atom is 0.318 e. The summed E-state index contributed by atoms with van der Waals surface area (Å²) in [6.07, 6.45) is 1.06. The van der Waals surface area contributed by atoms with Gasteiger partial charge in [-0.15, -0.1) is 0 Å². The van der Waals surface area contributed by atoms with Crippen LogP contribution in [0.15, 0.2) is 54.6 Å². The van der Waals surface area contributed by atoms with Crippen molar-refractivity contribution in [2.45, 2.75) is 33.1 Å². The van der Waals surface area contributed by atoms with Crippen LogP contribution in [0.2, 0.25) is 0 Å². The molecule has 110 valence electrons. The quantitative estimate of drug-likeness (QED) is 0.592. The zero-order valence-electron chi connectivity index (χ0n) is 12.9. The molecule has 2 nitrogen and oxygen atoms in total. The summed E-state index contributed by atoms with van der Waals surface area (Å²) in [5, 5.41) is 0. The maximum absolute atomic E-state index is 12.2. The second kappa shape index (κ2) is 7.07. The van der Waals surface area contributed by atoms with Gasteiger partial charge < -0.3 is 4.74 Å². The Balaban J connectivity index is 2.02. The highest BCUT2D eigenvalue weighted by Gasteiger charge is 2.17. The van der Waals surface area contributed by atoms with Crippen molar-refractivity contribution in [2.24, 2.45) is 5.92 Å². The summed E-state index contributed by atoms with van der Waals surface area (Å²) >= 11 is 0. The fourth-order valence-electron chi connectivity index (χ4n) is 2.24.